The molecule has 1 saturated heterocycles. The SMILES string of the molecule is COc1ccc(C#N)cc1CN1C(=O)CC(C)CC1=O. The topological polar surface area (TPSA) is 70.4 Å². The number of carbonyl (C=O) groups is 2. The third-order valence-electron chi connectivity index (χ3n) is 3.39. The second kappa shape index (κ2) is 5.74. The molecule has 1 fully saturated rings. The van der Waals surface area contributed by atoms with E-state index >= 15 is 0 Å². The summed E-state index contributed by atoms with van der Waals surface area (Å²) in [6.45, 7) is 2.05. The third kappa shape index (κ3) is 2.80. The quantitative estimate of drug-likeness (QED) is 0.787. The van der Waals surface area contributed by atoms with Crippen molar-refractivity contribution in [1.82, 2.24) is 4.90 Å². The van der Waals surface area contributed by atoms with Gasteiger partial charge in [-0.2, -0.15) is 5.26 Å². The summed E-state index contributed by atoms with van der Waals surface area (Å²) in [5, 5.41) is 8.93. The molecule has 0 radical (unpaired) electrons. The standard InChI is InChI=1S/C15H16N2O3/c1-10-5-14(18)17(15(19)6-10)9-12-7-11(8-16)3-4-13(12)20-2/h3-4,7,10H,5-6,9H2,1-2H3. The lowest BCUT2D eigenvalue weighted by atomic mass is 9.97. The molecule has 0 aliphatic carbocycles. The van der Waals surface area contributed by atoms with E-state index in [1.165, 1.54) is 12.0 Å². The van der Waals surface area contributed by atoms with Gasteiger partial charge in [-0.05, 0) is 24.1 Å². The van der Waals surface area contributed by atoms with Crippen molar-refractivity contribution in [3.63, 3.8) is 0 Å². The van der Waals surface area contributed by atoms with Crippen LogP contribution in [-0.4, -0.2) is 23.8 Å². The van der Waals surface area contributed by atoms with E-state index in [1.807, 2.05) is 13.0 Å². The minimum Gasteiger partial charge on any atom is -0.496 e. The molecule has 0 N–H and O–H groups in total. The molecule has 0 bridgehead atoms. The van der Waals surface area contributed by atoms with Crippen LogP contribution in [0.1, 0.15) is 30.9 Å². The predicted octanol–water partition coefficient (Wildman–Crippen LogP) is 1.85. The van der Waals surface area contributed by atoms with Crippen LogP contribution in [0.15, 0.2) is 18.2 Å². The van der Waals surface area contributed by atoms with Crippen molar-refractivity contribution in [2.24, 2.45) is 5.92 Å². The van der Waals surface area contributed by atoms with Crippen LogP contribution in [0.5, 0.6) is 5.75 Å². The van der Waals surface area contributed by atoms with E-state index in [2.05, 4.69) is 0 Å². The summed E-state index contributed by atoms with van der Waals surface area (Å²) in [6, 6.07) is 7.01. The Balaban J connectivity index is 2.27. The van der Waals surface area contributed by atoms with Crippen molar-refractivity contribution < 1.29 is 14.3 Å². The highest BCUT2D eigenvalue weighted by molar-refractivity contribution is 5.97. The minimum absolute atomic E-state index is 0.0959. The summed E-state index contributed by atoms with van der Waals surface area (Å²) < 4.78 is 5.22. The summed E-state index contributed by atoms with van der Waals surface area (Å²) in [6.07, 6.45) is 0.762. The first kappa shape index (κ1) is 14.1. The lowest BCUT2D eigenvalue weighted by molar-refractivity contribution is -0.150. The maximum absolute atomic E-state index is 12.0. The zero-order valence-electron chi connectivity index (χ0n) is 11.5. The third-order valence-corrected chi connectivity index (χ3v) is 3.39. The number of imide groups is 1. The van der Waals surface area contributed by atoms with E-state index in [0.29, 0.717) is 29.7 Å². The molecule has 5 nitrogen and oxygen atoms in total. The number of amides is 2. The van der Waals surface area contributed by atoms with Gasteiger partial charge in [0.1, 0.15) is 5.75 Å². The zero-order chi connectivity index (χ0) is 14.7. The highest BCUT2D eigenvalue weighted by Gasteiger charge is 2.30. The number of carbonyl (C=O) groups excluding carboxylic acids is 2. The fourth-order valence-corrected chi connectivity index (χ4v) is 2.35. The first-order valence-corrected chi connectivity index (χ1v) is 6.45. The van der Waals surface area contributed by atoms with Crippen molar-refractivity contribution >= 4 is 11.8 Å². The van der Waals surface area contributed by atoms with Gasteiger partial charge < -0.3 is 4.74 Å². The highest BCUT2D eigenvalue weighted by Crippen LogP contribution is 2.25. The molecule has 0 saturated carbocycles. The number of nitriles is 1. The molecule has 5 heteroatoms. The first-order valence-electron chi connectivity index (χ1n) is 6.45. The van der Waals surface area contributed by atoms with Gasteiger partial charge in [-0.15, -0.1) is 0 Å². The van der Waals surface area contributed by atoms with Crippen molar-refractivity contribution in [3.05, 3.63) is 29.3 Å². The average molecular weight is 272 g/mol. The fourth-order valence-electron chi connectivity index (χ4n) is 2.35. The monoisotopic (exact) mass is 272 g/mol. The molecule has 1 aromatic carbocycles. The second-order valence-corrected chi connectivity index (χ2v) is 5.03. The van der Waals surface area contributed by atoms with Crippen LogP contribution in [-0.2, 0) is 16.1 Å². The molecule has 0 aromatic heterocycles. The molecule has 1 aromatic rings. The molecule has 2 rings (SSSR count). The van der Waals surface area contributed by atoms with Crippen LogP contribution in [0.3, 0.4) is 0 Å². The van der Waals surface area contributed by atoms with Gasteiger partial charge in [-0.3, -0.25) is 14.5 Å². The molecule has 1 heterocycles. The van der Waals surface area contributed by atoms with Crippen molar-refractivity contribution in [3.8, 4) is 11.8 Å². The lowest BCUT2D eigenvalue weighted by Crippen LogP contribution is -2.42. The summed E-state index contributed by atoms with van der Waals surface area (Å²) in [5.74, 6) is 0.332. The number of methoxy groups -OCH3 is 1. The van der Waals surface area contributed by atoms with Gasteiger partial charge in [0, 0.05) is 18.4 Å². The molecule has 2 amide bonds. The number of ether oxygens (including phenoxy) is 1. The lowest BCUT2D eigenvalue weighted by Gasteiger charge is -2.28. The Morgan fingerprint density at radius 1 is 1.35 bits per heavy atom. The van der Waals surface area contributed by atoms with Crippen LogP contribution in [0.2, 0.25) is 0 Å². The van der Waals surface area contributed by atoms with Crippen LogP contribution in [0, 0.1) is 17.2 Å². The van der Waals surface area contributed by atoms with Gasteiger partial charge >= 0.3 is 0 Å². The average Bonchev–Trinajstić information content (AvgIpc) is 2.42. The Hall–Kier alpha value is -2.35. The number of piperidine rings is 1. The van der Waals surface area contributed by atoms with Gasteiger partial charge in [0.2, 0.25) is 11.8 Å². The van der Waals surface area contributed by atoms with E-state index in [0.717, 1.165) is 0 Å². The molecule has 0 unspecified atom stereocenters. The molecule has 20 heavy (non-hydrogen) atoms. The Morgan fingerprint density at radius 2 is 2.00 bits per heavy atom. The number of likely N-dealkylation sites (tertiary alicyclic amines) is 1. The molecule has 1 aliphatic heterocycles. The fraction of sp³-hybridized carbons (Fsp3) is 0.400. The molecule has 0 spiro atoms. The van der Waals surface area contributed by atoms with Gasteiger partial charge in [0.15, 0.2) is 0 Å². The maximum atomic E-state index is 12.0. The summed E-state index contributed by atoms with van der Waals surface area (Å²) in [7, 11) is 1.52. The van der Waals surface area contributed by atoms with Gasteiger partial charge in [-0.1, -0.05) is 6.92 Å². The van der Waals surface area contributed by atoms with Crippen LogP contribution < -0.4 is 4.74 Å². The molecule has 0 atom stereocenters. The van der Waals surface area contributed by atoms with E-state index in [1.54, 1.807) is 18.2 Å². The second-order valence-electron chi connectivity index (χ2n) is 5.03. The molecule has 1 aliphatic rings. The van der Waals surface area contributed by atoms with Crippen molar-refractivity contribution in [1.29, 1.82) is 5.26 Å². The van der Waals surface area contributed by atoms with Gasteiger partial charge in [0.05, 0.1) is 25.3 Å². The predicted molar refractivity (Wildman–Crippen MR) is 71.7 cm³/mol. The van der Waals surface area contributed by atoms with E-state index in [-0.39, 0.29) is 24.3 Å². The van der Waals surface area contributed by atoms with E-state index < -0.39 is 0 Å². The Morgan fingerprint density at radius 3 is 2.55 bits per heavy atom. The molecular formula is C15H16N2O3. The number of hydrogen-bond donors (Lipinski definition) is 0. The molecular weight excluding hydrogens is 256 g/mol. The van der Waals surface area contributed by atoms with E-state index in [4.69, 9.17) is 10.00 Å². The number of hydrogen-bond acceptors (Lipinski definition) is 4. The number of rotatable bonds is 3. The van der Waals surface area contributed by atoms with Gasteiger partial charge in [-0.25, -0.2) is 0 Å². The Kier molecular flexibility index (Phi) is 4.04. The summed E-state index contributed by atoms with van der Waals surface area (Å²) >= 11 is 0. The zero-order valence-corrected chi connectivity index (χ0v) is 11.5. The Bertz CT molecular complexity index is 571. The smallest absolute Gasteiger partial charge is 0.229 e. The van der Waals surface area contributed by atoms with Crippen molar-refractivity contribution in [2.45, 2.75) is 26.3 Å². The number of nitrogens with zero attached hydrogens (tertiary/aromatic N) is 2. The van der Waals surface area contributed by atoms with Gasteiger partial charge in [0.25, 0.3) is 0 Å². The van der Waals surface area contributed by atoms with E-state index in [9.17, 15) is 9.59 Å². The van der Waals surface area contributed by atoms with Crippen LogP contribution in [0.4, 0.5) is 0 Å². The summed E-state index contributed by atoms with van der Waals surface area (Å²) in [4.78, 5) is 25.2. The maximum Gasteiger partial charge on any atom is 0.229 e. The minimum atomic E-state index is -0.168. The molecule has 104 valence electrons. The number of benzene rings is 1. The van der Waals surface area contributed by atoms with Crippen molar-refractivity contribution in [2.75, 3.05) is 7.11 Å². The largest absolute Gasteiger partial charge is 0.496 e. The van der Waals surface area contributed by atoms with Crippen LogP contribution >= 0.6 is 0 Å². The highest BCUT2D eigenvalue weighted by atomic mass is 16.5. The normalized spacial score (nSPS) is 16.1. The summed E-state index contributed by atoms with van der Waals surface area (Å²) in [5.41, 5.74) is 1.15. The van der Waals surface area contributed by atoms with Crippen LogP contribution in [0.25, 0.3) is 0 Å². The first-order chi connectivity index (χ1) is 9.55. The Labute approximate surface area is 117 Å².